The molecular weight excluding hydrogens is 436 g/mol. The van der Waals surface area contributed by atoms with Crippen LogP contribution in [0.15, 0.2) is 48.5 Å². The number of piperidine rings is 1. The van der Waals surface area contributed by atoms with Crippen LogP contribution in [0.5, 0.6) is 5.75 Å². The summed E-state index contributed by atoms with van der Waals surface area (Å²) in [6.07, 6.45) is 1.63. The number of amides is 2. The molecule has 2 aromatic rings. The summed E-state index contributed by atoms with van der Waals surface area (Å²) in [5, 5.41) is 2.97. The third-order valence-electron chi connectivity index (χ3n) is 6.72. The maximum atomic E-state index is 15.3. The molecule has 0 unspecified atom stereocenters. The number of fused-ring (bicyclic) bond motifs is 1. The first-order valence-electron chi connectivity index (χ1n) is 12.3. The Hall–Kier alpha value is -2.67. The molecule has 0 aliphatic carbocycles. The average molecular weight is 472 g/mol. The number of ether oxygens (including phenoxy) is 1. The zero-order valence-electron chi connectivity index (χ0n) is 20.1. The Morgan fingerprint density at radius 2 is 1.85 bits per heavy atom. The van der Waals surface area contributed by atoms with E-state index in [1.165, 1.54) is 12.1 Å². The van der Waals surface area contributed by atoms with Crippen molar-refractivity contribution in [2.45, 2.75) is 64.5 Å². The number of rotatable bonds is 8. The Morgan fingerprint density at radius 1 is 1.15 bits per heavy atom. The highest BCUT2D eigenvalue weighted by molar-refractivity contribution is 5.74. The minimum Gasteiger partial charge on any atom is -0.493 e. The standard InChI is InChI=1S/C27H35F2N3O2/c1-19(2)18-34-24-11-7-20(8-12-24)15-30-27(33)32(16-21-5-9-22(28)10-6-21)26-14-23-4-3-13-31(23)17-25(26)29/h5-12,19,23,25-26H,3-4,13-18H2,1-2H3,(H,30,33)/t23-,25-,26+/m0/s1. The Balaban J connectivity index is 1.43. The van der Waals surface area contributed by atoms with E-state index in [0.717, 1.165) is 36.3 Å². The van der Waals surface area contributed by atoms with Gasteiger partial charge >= 0.3 is 6.03 Å². The van der Waals surface area contributed by atoms with Crippen LogP contribution in [0.3, 0.4) is 0 Å². The number of halogens is 2. The third-order valence-corrected chi connectivity index (χ3v) is 6.72. The molecule has 2 heterocycles. The molecule has 2 amide bonds. The maximum absolute atomic E-state index is 15.3. The lowest BCUT2D eigenvalue weighted by molar-refractivity contribution is 0.0311. The van der Waals surface area contributed by atoms with Gasteiger partial charge in [0, 0.05) is 25.7 Å². The zero-order chi connectivity index (χ0) is 24.1. The van der Waals surface area contributed by atoms with Crippen LogP contribution in [0.4, 0.5) is 13.6 Å². The van der Waals surface area contributed by atoms with Gasteiger partial charge in [0.15, 0.2) is 0 Å². The smallest absolute Gasteiger partial charge is 0.318 e. The van der Waals surface area contributed by atoms with Gasteiger partial charge in [0.2, 0.25) is 0 Å². The Morgan fingerprint density at radius 3 is 2.56 bits per heavy atom. The largest absolute Gasteiger partial charge is 0.493 e. The van der Waals surface area contributed by atoms with Crippen molar-refractivity contribution in [3.63, 3.8) is 0 Å². The molecule has 2 aliphatic rings. The van der Waals surface area contributed by atoms with Gasteiger partial charge in [-0.15, -0.1) is 0 Å². The number of hydrogen-bond acceptors (Lipinski definition) is 3. The minimum atomic E-state index is -1.11. The van der Waals surface area contributed by atoms with Crippen LogP contribution in [-0.2, 0) is 13.1 Å². The quantitative estimate of drug-likeness (QED) is 0.579. The van der Waals surface area contributed by atoms with Gasteiger partial charge < -0.3 is 15.0 Å². The highest BCUT2D eigenvalue weighted by Crippen LogP contribution is 2.32. The first-order valence-corrected chi connectivity index (χ1v) is 12.3. The molecule has 0 saturated carbocycles. The number of carbonyl (C=O) groups is 1. The van der Waals surface area contributed by atoms with Crippen molar-refractivity contribution in [1.29, 1.82) is 0 Å². The van der Waals surface area contributed by atoms with Crippen LogP contribution < -0.4 is 10.1 Å². The summed E-state index contributed by atoms with van der Waals surface area (Å²) in [6.45, 7) is 6.71. The van der Waals surface area contributed by atoms with Crippen molar-refractivity contribution < 1.29 is 18.3 Å². The van der Waals surface area contributed by atoms with Crippen LogP contribution >= 0.6 is 0 Å². The third kappa shape index (κ3) is 6.26. The first-order chi connectivity index (χ1) is 16.4. The monoisotopic (exact) mass is 471 g/mol. The number of benzene rings is 2. The Kier molecular flexibility index (Phi) is 8.03. The van der Waals surface area contributed by atoms with Gasteiger partial charge in [-0.1, -0.05) is 38.1 Å². The summed E-state index contributed by atoms with van der Waals surface area (Å²) in [7, 11) is 0. The van der Waals surface area contributed by atoms with Gasteiger partial charge in [-0.05, 0) is 67.1 Å². The van der Waals surface area contributed by atoms with Crippen molar-refractivity contribution in [2.24, 2.45) is 5.92 Å². The molecule has 5 nitrogen and oxygen atoms in total. The van der Waals surface area contributed by atoms with E-state index in [1.54, 1.807) is 17.0 Å². The molecule has 0 radical (unpaired) electrons. The number of carbonyl (C=O) groups excluding carboxylic acids is 1. The number of nitrogens with one attached hydrogen (secondary N) is 1. The SMILES string of the molecule is CC(C)COc1ccc(CNC(=O)N(Cc2ccc(F)cc2)[C@@H]2C[C@@H]3CCCN3C[C@@H]2F)cc1. The number of urea groups is 1. The van der Waals surface area contributed by atoms with Crippen molar-refractivity contribution >= 4 is 6.03 Å². The van der Waals surface area contributed by atoms with Crippen LogP contribution in [0.25, 0.3) is 0 Å². The fraction of sp³-hybridized carbons (Fsp3) is 0.519. The zero-order valence-corrected chi connectivity index (χ0v) is 20.1. The first kappa shape index (κ1) is 24.5. The molecule has 2 aliphatic heterocycles. The lowest BCUT2D eigenvalue weighted by atomic mass is 9.94. The lowest BCUT2D eigenvalue weighted by Gasteiger charge is -2.42. The van der Waals surface area contributed by atoms with Gasteiger partial charge in [0.1, 0.15) is 17.7 Å². The molecule has 0 aromatic heterocycles. The summed E-state index contributed by atoms with van der Waals surface area (Å²) in [4.78, 5) is 17.1. The molecular formula is C27H35F2N3O2. The van der Waals surface area contributed by atoms with Gasteiger partial charge in [0.05, 0.1) is 12.6 Å². The topological polar surface area (TPSA) is 44.8 Å². The summed E-state index contributed by atoms with van der Waals surface area (Å²) in [5.74, 6) is 0.912. The van der Waals surface area contributed by atoms with E-state index >= 15 is 4.39 Å². The van der Waals surface area contributed by atoms with E-state index in [4.69, 9.17) is 4.74 Å². The predicted molar refractivity (Wildman–Crippen MR) is 129 cm³/mol. The molecule has 2 fully saturated rings. The molecule has 34 heavy (non-hydrogen) atoms. The van der Waals surface area contributed by atoms with E-state index in [-0.39, 0.29) is 18.4 Å². The van der Waals surface area contributed by atoms with E-state index in [9.17, 15) is 9.18 Å². The van der Waals surface area contributed by atoms with Crippen molar-refractivity contribution in [3.05, 3.63) is 65.5 Å². The van der Waals surface area contributed by atoms with Crippen LogP contribution in [-0.4, -0.2) is 53.8 Å². The summed E-state index contributed by atoms with van der Waals surface area (Å²) < 4.78 is 34.4. The average Bonchev–Trinajstić information content (AvgIpc) is 3.28. The predicted octanol–water partition coefficient (Wildman–Crippen LogP) is 5.15. The molecule has 2 saturated heterocycles. The van der Waals surface area contributed by atoms with Crippen LogP contribution in [0.1, 0.15) is 44.2 Å². The summed E-state index contributed by atoms with van der Waals surface area (Å²) in [5.41, 5.74) is 1.72. The molecule has 1 N–H and O–H groups in total. The fourth-order valence-electron chi connectivity index (χ4n) is 4.87. The van der Waals surface area contributed by atoms with Crippen molar-refractivity contribution in [2.75, 3.05) is 19.7 Å². The molecule has 4 rings (SSSR count). The van der Waals surface area contributed by atoms with E-state index in [1.807, 2.05) is 24.3 Å². The highest BCUT2D eigenvalue weighted by atomic mass is 19.1. The van der Waals surface area contributed by atoms with Gasteiger partial charge in [-0.3, -0.25) is 4.90 Å². The normalized spacial score (nSPS) is 22.4. The maximum Gasteiger partial charge on any atom is 0.318 e. The molecule has 184 valence electrons. The Labute approximate surface area is 201 Å². The number of hydrogen-bond donors (Lipinski definition) is 1. The highest BCUT2D eigenvalue weighted by Gasteiger charge is 2.42. The van der Waals surface area contributed by atoms with Gasteiger partial charge in [-0.25, -0.2) is 13.6 Å². The number of nitrogens with zero attached hydrogens (tertiary/aromatic N) is 2. The van der Waals surface area contributed by atoms with E-state index in [2.05, 4.69) is 24.1 Å². The van der Waals surface area contributed by atoms with Gasteiger partial charge in [-0.2, -0.15) is 0 Å². The van der Waals surface area contributed by atoms with Crippen LogP contribution in [0.2, 0.25) is 0 Å². The second kappa shape index (κ2) is 11.2. The van der Waals surface area contributed by atoms with E-state index < -0.39 is 12.2 Å². The van der Waals surface area contributed by atoms with Crippen molar-refractivity contribution in [1.82, 2.24) is 15.1 Å². The second-order valence-corrected chi connectivity index (χ2v) is 9.87. The molecule has 3 atom stereocenters. The van der Waals surface area contributed by atoms with Gasteiger partial charge in [0.25, 0.3) is 0 Å². The molecule has 7 heteroatoms. The summed E-state index contributed by atoms with van der Waals surface area (Å²) >= 11 is 0. The molecule has 2 aromatic carbocycles. The van der Waals surface area contributed by atoms with Crippen molar-refractivity contribution in [3.8, 4) is 5.75 Å². The van der Waals surface area contributed by atoms with Crippen LogP contribution in [0, 0.1) is 11.7 Å². The summed E-state index contributed by atoms with van der Waals surface area (Å²) in [6, 6.07) is 13.2. The minimum absolute atomic E-state index is 0.242. The fourth-order valence-corrected chi connectivity index (χ4v) is 4.87. The second-order valence-electron chi connectivity index (χ2n) is 9.87. The molecule has 0 bridgehead atoms. The Bertz CT molecular complexity index is 936. The lowest BCUT2D eigenvalue weighted by Crippen LogP contribution is -2.57. The molecule has 0 spiro atoms. The van der Waals surface area contributed by atoms with E-state index in [0.29, 0.717) is 38.1 Å². The number of alkyl halides is 1.